The molecular formula is C24H50NO3+. The quantitative estimate of drug-likeness (QED) is 0.171. The van der Waals surface area contributed by atoms with Gasteiger partial charge in [-0.1, -0.05) is 90.9 Å². The minimum absolute atomic E-state index is 0.117. The molecule has 4 nitrogen and oxygen atoms in total. The van der Waals surface area contributed by atoms with E-state index in [9.17, 15) is 9.90 Å². The first-order valence-corrected chi connectivity index (χ1v) is 11.8. The third kappa shape index (κ3) is 21.7. The second-order valence-corrected chi connectivity index (χ2v) is 9.98. The van der Waals surface area contributed by atoms with Crippen LogP contribution in [0.2, 0.25) is 0 Å². The maximum absolute atomic E-state index is 11.7. The second kappa shape index (κ2) is 17.3. The number of nitrogens with zero attached hydrogens (tertiary/aromatic N) is 1. The fourth-order valence-electron chi connectivity index (χ4n) is 3.54. The number of aliphatic hydroxyl groups is 1. The van der Waals surface area contributed by atoms with Crippen molar-refractivity contribution in [2.75, 3.05) is 34.3 Å². The van der Waals surface area contributed by atoms with Crippen molar-refractivity contribution in [2.24, 2.45) is 5.92 Å². The van der Waals surface area contributed by atoms with Crippen LogP contribution in [0.4, 0.5) is 0 Å². The molecule has 0 saturated heterocycles. The van der Waals surface area contributed by atoms with Gasteiger partial charge in [-0.05, 0) is 12.3 Å². The SMILES string of the molecule is CC(C)CCCCCCCCCCCCCCC(=O)OCC(O)C[N+](C)(C)C. The van der Waals surface area contributed by atoms with E-state index in [1.54, 1.807) is 0 Å². The number of carbonyl (C=O) groups is 1. The Bertz CT molecular complexity index is 363. The molecule has 0 aromatic carbocycles. The number of likely N-dealkylation sites (N-methyl/N-ethyl adjacent to an activating group) is 1. The average molecular weight is 401 g/mol. The molecule has 168 valence electrons. The molecule has 0 heterocycles. The van der Waals surface area contributed by atoms with Crippen molar-refractivity contribution in [1.82, 2.24) is 0 Å². The lowest BCUT2D eigenvalue weighted by atomic mass is 10.0. The van der Waals surface area contributed by atoms with Crippen molar-refractivity contribution in [2.45, 2.75) is 110 Å². The number of unbranched alkanes of at least 4 members (excludes halogenated alkanes) is 11. The molecule has 0 saturated carbocycles. The number of hydrogen-bond acceptors (Lipinski definition) is 3. The van der Waals surface area contributed by atoms with E-state index in [0.717, 1.165) is 18.8 Å². The third-order valence-electron chi connectivity index (χ3n) is 5.11. The van der Waals surface area contributed by atoms with Gasteiger partial charge in [-0.2, -0.15) is 0 Å². The lowest BCUT2D eigenvalue weighted by molar-refractivity contribution is -0.873. The molecule has 0 fully saturated rings. The smallest absolute Gasteiger partial charge is 0.305 e. The molecule has 4 heteroatoms. The largest absolute Gasteiger partial charge is 0.463 e. The summed E-state index contributed by atoms with van der Waals surface area (Å²) in [5.41, 5.74) is 0. The van der Waals surface area contributed by atoms with Crippen LogP contribution in [0.1, 0.15) is 104 Å². The van der Waals surface area contributed by atoms with Crippen molar-refractivity contribution >= 4 is 5.97 Å². The first-order valence-electron chi connectivity index (χ1n) is 11.8. The van der Waals surface area contributed by atoms with E-state index in [4.69, 9.17) is 4.74 Å². The summed E-state index contributed by atoms with van der Waals surface area (Å²) in [6, 6.07) is 0. The van der Waals surface area contributed by atoms with Crippen molar-refractivity contribution in [3.63, 3.8) is 0 Å². The third-order valence-corrected chi connectivity index (χ3v) is 5.11. The van der Waals surface area contributed by atoms with Crippen LogP contribution in [-0.4, -0.2) is 56.0 Å². The molecule has 0 radical (unpaired) electrons. The molecule has 1 unspecified atom stereocenters. The van der Waals surface area contributed by atoms with Gasteiger partial charge in [0.05, 0.1) is 21.1 Å². The molecule has 0 rings (SSSR count). The predicted octanol–water partition coefficient (Wildman–Crippen LogP) is 5.71. The Labute approximate surface area is 175 Å². The number of ether oxygens (including phenoxy) is 1. The molecule has 0 aromatic heterocycles. The zero-order chi connectivity index (χ0) is 21.3. The lowest BCUT2D eigenvalue weighted by Gasteiger charge is -2.26. The minimum atomic E-state index is -0.580. The van der Waals surface area contributed by atoms with Crippen LogP contribution >= 0.6 is 0 Å². The van der Waals surface area contributed by atoms with Gasteiger partial charge in [0.25, 0.3) is 0 Å². The summed E-state index contributed by atoms with van der Waals surface area (Å²) in [5.74, 6) is 0.685. The van der Waals surface area contributed by atoms with Gasteiger partial charge in [0, 0.05) is 6.42 Å². The van der Waals surface area contributed by atoms with Gasteiger partial charge in [0.1, 0.15) is 19.3 Å². The number of rotatable bonds is 19. The Morgan fingerprint density at radius 3 is 1.64 bits per heavy atom. The maximum Gasteiger partial charge on any atom is 0.305 e. The van der Waals surface area contributed by atoms with Gasteiger partial charge in [-0.3, -0.25) is 4.79 Å². The van der Waals surface area contributed by atoms with E-state index in [1.807, 2.05) is 21.1 Å². The standard InChI is InChI=1S/C24H50NO3/c1-22(2)18-16-14-12-10-8-6-7-9-11-13-15-17-19-24(27)28-21-23(26)20-25(3,4)5/h22-23,26H,6-21H2,1-5H3/q+1. The Kier molecular flexibility index (Phi) is 16.9. The summed E-state index contributed by atoms with van der Waals surface area (Å²) >= 11 is 0. The topological polar surface area (TPSA) is 46.5 Å². The van der Waals surface area contributed by atoms with Gasteiger partial charge in [0.2, 0.25) is 0 Å². The Morgan fingerprint density at radius 1 is 0.786 bits per heavy atom. The van der Waals surface area contributed by atoms with Gasteiger partial charge >= 0.3 is 5.97 Å². The highest BCUT2D eigenvalue weighted by molar-refractivity contribution is 5.69. The van der Waals surface area contributed by atoms with E-state index in [1.165, 1.54) is 70.6 Å². The number of hydrogen-bond donors (Lipinski definition) is 1. The summed E-state index contributed by atoms with van der Waals surface area (Å²) in [5, 5.41) is 9.84. The van der Waals surface area contributed by atoms with E-state index in [0.29, 0.717) is 17.4 Å². The zero-order valence-corrected chi connectivity index (χ0v) is 19.7. The highest BCUT2D eigenvalue weighted by atomic mass is 16.5. The van der Waals surface area contributed by atoms with Crippen LogP contribution in [0.15, 0.2) is 0 Å². The fourth-order valence-corrected chi connectivity index (χ4v) is 3.54. The molecule has 0 aliphatic heterocycles. The van der Waals surface area contributed by atoms with Crippen molar-refractivity contribution in [3.8, 4) is 0 Å². The fraction of sp³-hybridized carbons (Fsp3) is 0.958. The first kappa shape index (κ1) is 27.4. The second-order valence-electron chi connectivity index (χ2n) is 9.98. The maximum atomic E-state index is 11.7. The van der Waals surface area contributed by atoms with Crippen LogP contribution < -0.4 is 0 Å². The summed E-state index contributed by atoms with van der Waals surface area (Å²) in [7, 11) is 6.04. The van der Waals surface area contributed by atoms with Crippen molar-refractivity contribution in [3.05, 3.63) is 0 Å². The highest BCUT2D eigenvalue weighted by Crippen LogP contribution is 2.14. The van der Waals surface area contributed by atoms with E-state index < -0.39 is 6.10 Å². The first-order chi connectivity index (χ1) is 13.2. The molecule has 1 N–H and O–H groups in total. The molecule has 28 heavy (non-hydrogen) atoms. The molecule has 0 aliphatic carbocycles. The van der Waals surface area contributed by atoms with Gasteiger partial charge in [0.15, 0.2) is 0 Å². The number of aliphatic hydroxyl groups excluding tert-OH is 1. The van der Waals surface area contributed by atoms with Crippen LogP contribution in [0.3, 0.4) is 0 Å². The van der Waals surface area contributed by atoms with Crippen molar-refractivity contribution in [1.29, 1.82) is 0 Å². The summed E-state index contributed by atoms with van der Waals surface area (Å²) < 4.78 is 5.83. The number of quaternary nitrogens is 1. The molecule has 0 aliphatic rings. The van der Waals surface area contributed by atoms with Crippen molar-refractivity contribution < 1.29 is 19.1 Å². The number of esters is 1. The molecule has 0 spiro atoms. The van der Waals surface area contributed by atoms with Crippen LogP contribution in [-0.2, 0) is 9.53 Å². The molecule has 0 bridgehead atoms. The summed E-state index contributed by atoms with van der Waals surface area (Å²) in [6.45, 7) is 5.33. The monoisotopic (exact) mass is 400 g/mol. The molecule has 1 atom stereocenters. The zero-order valence-electron chi connectivity index (χ0n) is 19.7. The normalized spacial score (nSPS) is 13.1. The number of carbonyl (C=O) groups excluding carboxylic acids is 1. The van der Waals surface area contributed by atoms with Crippen LogP contribution in [0.5, 0.6) is 0 Å². The Balaban J connectivity index is 3.29. The lowest BCUT2D eigenvalue weighted by Crippen LogP contribution is -2.43. The van der Waals surface area contributed by atoms with Crippen LogP contribution in [0, 0.1) is 5.92 Å². The van der Waals surface area contributed by atoms with E-state index in [2.05, 4.69) is 13.8 Å². The molecule has 0 aromatic rings. The predicted molar refractivity (Wildman–Crippen MR) is 119 cm³/mol. The summed E-state index contributed by atoms with van der Waals surface area (Å²) in [6.07, 6.45) is 16.9. The van der Waals surface area contributed by atoms with Gasteiger partial charge < -0.3 is 14.3 Å². The highest BCUT2D eigenvalue weighted by Gasteiger charge is 2.17. The van der Waals surface area contributed by atoms with E-state index in [-0.39, 0.29) is 12.6 Å². The summed E-state index contributed by atoms with van der Waals surface area (Å²) in [4.78, 5) is 11.7. The molecule has 0 amide bonds. The van der Waals surface area contributed by atoms with Gasteiger partial charge in [-0.25, -0.2) is 0 Å². The minimum Gasteiger partial charge on any atom is -0.463 e. The Hall–Kier alpha value is -0.610. The van der Waals surface area contributed by atoms with Crippen LogP contribution in [0.25, 0.3) is 0 Å². The molecular weight excluding hydrogens is 350 g/mol. The average Bonchev–Trinajstić information content (AvgIpc) is 2.58. The van der Waals surface area contributed by atoms with Gasteiger partial charge in [-0.15, -0.1) is 0 Å². The Morgan fingerprint density at radius 2 is 1.21 bits per heavy atom. The van der Waals surface area contributed by atoms with E-state index >= 15 is 0 Å².